The van der Waals surface area contributed by atoms with Gasteiger partial charge >= 0.3 is 6.18 Å². The first-order chi connectivity index (χ1) is 12.3. The van der Waals surface area contributed by atoms with Crippen LogP contribution in [0.4, 0.5) is 18.9 Å². The van der Waals surface area contributed by atoms with E-state index in [1.54, 1.807) is 25.4 Å². The number of nitrogens with one attached hydrogen (secondary N) is 1. The predicted molar refractivity (Wildman–Crippen MR) is 97.5 cm³/mol. The highest BCUT2D eigenvalue weighted by molar-refractivity contribution is 7.99. The lowest BCUT2D eigenvalue weighted by atomic mass is 10.1. The van der Waals surface area contributed by atoms with Gasteiger partial charge in [-0.2, -0.15) is 30.0 Å². The number of hydrogen-bond acceptors (Lipinski definition) is 4. The van der Waals surface area contributed by atoms with E-state index in [1.807, 2.05) is 6.07 Å². The molecule has 0 unspecified atom stereocenters. The van der Waals surface area contributed by atoms with Crippen molar-refractivity contribution in [2.24, 2.45) is 0 Å². The van der Waals surface area contributed by atoms with Crippen molar-refractivity contribution in [2.45, 2.75) is 25.9 Å². The van der Waals surface area contributed by atoms with Crippen LogP contribution in [0.1, 0.15) is 19.8 Å². The number of alkyl halides is 3. The minimum Gasteiger partial charge on any atom is -0.308 e. The molecule has 10 heteroatoms. The van der Waals surface area contributed by atoms with Crippen molar-refractivity contribution < 1.29 is 18.0 Å². The number of anilines is 1. The molecule has 1 amide bonds. The number of carbonyl (C=O) groups excluding carboxylic acids is 1. The van der Waals surface area contributed by atoms with E-state index in [0.29, 0.717) is 23.7 Å². The van der Waals surface area contributed by atoms with Crippen LogP contribution < -0.4 is 4.90 Å². The summed E-state index contributed by atoms with van der Waals surface area (Å²) >= 11 is 7.26. The number of halogens is 4. The lowest BCUT2D eigenvalue weighted by Gasteiger charge is -2.21. The molecule has 142 valence electrons. The first-order valence-corrected chi connectivity index (χ1v) is 9.46. The Labute approximate surface area is 158 Å². The zero-order valence-electron chi connectivity index (χ0n) is 14.0. The largest absolute Gasteiger partial charge is 0.389 e. The average molecular weight is 407 g/mol. The fraction of sp³-hybridized carbons (Fsp3) is 0.438. The third-order valence-electron chi connectivity index (χ3n) is 3.53. The number of carbonyl (C=O) groups is 1. The van der Waals surface area contributed by atoms with Crippen molar-refractivity contribution in [1.82, 2.24) is 15.2 Å². The van der Waals surface area contributed by atoms with E-state index < -0.39 is 12.6 Å². The Morgan fingerprint density at radius 3 is 2.77 bits per heavy atom. The number of pyridine rings is 1. The van der Waals surface area contributed by atoms with Crippen LogP contribution >= 0.6 is 23.4 Å². The SMILES string of the molecule is CCN(C(=O)CCSCCC(F)(F)F)c1c(Cl)n[nH]c1-c1cccnc1. The van der Waals surface area contributed by atoms with Crippen LogP contribution in [-0.2, 0) is 4.79 Å². The molecule has 0 atom stereocenters. The molecule has 0 saturated heterocycles. The van der Waals surface area contributed by atoms with Gasteiger partial charge in [-0.1, -0.05) is 11.6 Å². The van der Waals surface area contributed by atoms with Crippen molar-refractivity contribution in [3.05, 3.63) is 29.7 Å². The molecule has 0 radical (unpaired) electrons. The second kappa shape index (κ2) is 9.27. The average Bonchev–Trinajstić information content (AvgIpc) is 2.97. The monoisotopic (exact) mass is 406 g/mol. The van der Waals surface area contributed by atoms with Crippen LogP contribution in [0.2, 0.25) is 5.15 Å². The summed E-state index contributed by atoms with van der Waals surface area (Å²) in [6, 6.07) is 3.56. The molecule has 0 spiro atoms. The van der Waals surface area contributed by atoms with E-state index in [0.717, 1.165) is 17.3 Å². The zero-order chi connectivity index (χ0) is 19.2. The van der Waals surface area contributed by atoms with Crippen LogP contribution in [0.3, 0.4) is 0 Å². The van der Waals surface area contributed by atoms with Crippen LogP contribution in [0, 0.1) is 0 Å². The van der Waals surface area contributed by atoms with Gasteiger partial charge in [0.2, 0.25) is 5.91 Å². The van der Waals surface area contributed by atoms with Crippen molar-refractivity contribution in [1.29, 1.82) is 0 Å². The number of H-pyrrole nitrogens is 1. The number of thioether (sulfide) groups is 1. The first kappa shape index (κ1) is 20.6. The number of rotatable bonds is 8. The number of aromatic nitrogens is 3. The normalized spacial score (nSPS) is 11.6. The lowest BCUT2D eigenvalue weighted by molar-refractivity contribution is -0.129. The Balaban J connectivity index is 2.04. The summed E-state index contributed by atoms with van der Waals surface area (Å²) in [5.74, 6) is 0.0276. The standard InChI is InChI=1S/C16H18ClF3N4OS/c1-2-24(12(25)5-8-26-9-6-16(18,19)20)14-13(22-23-15(14)17)11-4-3-7-21-10-11/h3-4,7,10H,2,5-6,8-9H2,1H3,(H,22,23). The topological polar surface area (TPSA) is 61.9 Å². The molecule has 0 fully saturated rings. The van der Waals surface area contributed by atoms with E-state index in [1.165, 1.54) is 4.90 Å². The minimum atomic E-state index is -4.17. The quantitative estimate of drug-likeness (QED) is 0.653. The van der Waals surface area contributed by atoms with Crippen LogP contribution in [0.25, 0.3) is 11.3 Å². The smallest absolute Gasteiger partial charge is 0.308 e. The van der Waals surface area contributed by atoms with Gasteiger partial charge < -0.3 is 4.90 Å². The van der Waals surface area contributed by atoms with Gasteiger partial charge in [0.05, 0.1) is 12.1 Å². The summed E-state index contributed by atoms with van der Waals surface area (Å²) in [6.07, 6.45) is -1.66. The van der Waals surface area contributed by atoms with Crippen LogP contribution in [-0.4, -0.2) is 45.3 Å². The van der Waals surface area contributed by atoms with E-state index in [9.17, 15) is 18.0 Å². The fourth-order valence-corrected chi connectivity index (χ4v) is 3.45. The summed E-state index contributed by atoms with van der Waals surface area (Å²) in [5.41, 5.74) is 1.75. The van der Waals surface area contributed by atoms with Crippen LogP contribution in [0.15, 0.2) is 24.5 Å². The Morgan fingerprint density at radius 2 is 2.15 bits per heavy atom. The first-order valence-electron chi connectivity index (χ1n) is 7.92. The van der Waals surface area contributed by atoms with Crippen molar-refractivity contribution in [3.8, 4) is 11.3 Å². The van der Waals surface area contributed by atoms with E-state index >= 15 is 0 Å². The van der Waals surface area contributed by atoms with Gasteiger partial charge in [-0.3, -0.25) is 14.9 Å². The number of nitrogens with zero attached hydrogens (tertiary/aromatic N) is 3. The number of aromatic amines is 1. The Bertz CT molecular complexity index is 724. The van der Waals surface area contributed by atoms with Gasteiger partial charge in [0.1, 0.15) is 5.69 Å². The molecular weight excluding hydrogens is 389 g/mol. The molecule has 0 aliphatic carbocycles. The molecule has 0 saturated carbocycles. The molecule has 0 aliphatic heterocycles. The van der Waals surface area contributed by atoms with E-state index in [4.69, 9.17) is 11.6 Å². The Kier molecular flexibility index (Phi) is 7.33. The van der Waals surface area contributed by atoms with Gasteiger partial charge in [-0.15, -0.1) is 0 Å². The van der Waals surface area contributed by atoms with E-state index in [2.05, 4.69) is 15.2 Å². The molecule has 0 aromatic carbocycles. The third kappa shape index (κ3) is 5.63. The van der Waals surface area contributed by atoms with Crippen molar-refractivity contribution in [2.75, 3.05) is 23.0 Å². The Hall–Kier alpha value is -1.74. The van der Waals surface area contributed by atoms with E-state index in [-0.39, 0.29) is 23.2 Å². The highest BCUT2D eigenvalue weighted by Gasteiger charge is 2.27. The zero-order valence-corrected chi connectivity index (χ0v) is 15.6. The maximum absolute atomic E-state index is 12.5. The van der Waals surface area contributed by atoms with Gasteiger partial charge in [-0.05, 0) is 19.1 Å². The van der Waals surface area contributed by atoms with Gasteiger partial charge in [0.25, 0.3) is 0 Å². The fourth-order valence-electron chi connectivity index (χ4n) is 2.32. The molecule has 2 rings (SSSR count). The predicted octanol–water partition coefficient (Wildman–Crippen LogP) is 4.55. The molecule has 2 aromatic heterocycles. The summed E-state index contributed by atoms with van der Waals surface area (Å²) in [6.45, 7) is 2.16. The highest BCUT2D eigenvalue weighted by atomic mass is 35.5. The molecule has 2 aromatic rings. The molecular formula is C16H18ClF3N4OS. The second-order valence-corrected chi connectivity index (χ2v) is 6.93. The highest BCUT2D eigenvalue weighted by Crippen LogP contribution is 2.35. The van der Waals surface area contributed by atoms with Gasteiger partial charge in [-0.25, -0.2) is 0 Å². The summed E-state index contributed by atoms with van der Waals surface area (Å²) in [4.78, 5) is 18.1. The number of hydrogen-bond donors (Lipinski definition) is 1. The Morgan fingerprint density at radius 1 is 1.38 bits per heavy atom. The lowest BCUT2D eigenvalue weighted by Crippen LogP contribution is -2.31. The maximum Gasteiger partial charge on any atom is 0.389 e. The van der Waals surface area contributed by atoms with Crippen molar-refractivity contribution in [3.63, 3.8) is 0 Å². The number of amides is 1. The molecule has 5 nitrogen and oxygen atoms in total. The second-order valence-electron chi connectivity index (χ2n) is 5.35. The van der Waals surface area contributed by atoms with Crippen LogP contribution in [0.5, 0.6) is 0 Å². The third-order valence-corrected chi connectivity index (χ3v) is 4.77. The van der Waals surface area contributed by atoms with Gasteiger partial charge in [0, 0.05) is 42.4 Å². The maximum atomic E-state index is 12.5. The minimum absolute atomic E-state index is 0.0592. The molecule has 2 heterocycles. The summed E-state index contributed by atoms with van der Waals surface area (Å²) in [7, 11) is 0. The van der Waals surface area contributed by atoms with Gasteiger partial charge in [0.15, 0.2) is 5.15 Å². The summed E-state index contributed by atoms with van der Waals surface area (Å²) in [5, 5.41) is 6.93. The van der Waals surface area contributed by atoms with Crippen molar-refractivity contribution >= 4 is 35.0 Å². The molecule has 0 bridgehead atoms. The molecule has 26 heavy (non-hydrogen) atoms. The molecule has 1 N–H and O–H groups in total. The molecule has 0 aliphatic rings. The summed E-state index contributed by atoms with van der Waals surface area (Å²) < 4.78 is 36.4.